The SMILES string of the molecule is CC(C)NC(=O)O[C@@H]1CC[C@H](c2cc(Nc3ncnc4ncsc34)[nH]n2)C1. The number of alkyl carbamates (subject to hydrolysis) is 1. The van der Waals surface area contributed by atoms with Crippen LogP contribution in [0.5, 0.6) is 0 Å². The van der Waals surface area contributed by atoms with Crippen molar-refractivity contribution in [2.24, 2.45) is 0 Å². The number of hydrogen-bond acceptors (Lipinski definition) is 8. The second kappa shape index (κ2) is 7.47. The molecular formula is C17H21N7O2S. The average molecular weight is 387 g/mol. The summed E-state index contributed by atoms with van der Waals surface area (Å²) < 4.78 is 6.39. The lowest BCUT2D eigenvalue weighted by molar-refractivity contribution is 0.0981. The molecule has 10 heteroatoms. The molecule has 3 aromatic rings. The maximum Gasteiger partial charge on any atom is 0.407 e. The first-order valence-corrected chi connectivity index (χ1v) is 9.80. The summed E-state index contributed by atoms with van der Waals surface area (Å²) in [6, 6.07) is 2.05. The molecule has 142 valence electrons. The van der Waals surface area contributed by atoms with Crippen LogP contribution in [0.25, 0.3) is 10.3 Å². The molecule has 1 amide bonds. The molecule has 9 nitrogen and oxygen atoms in total. The maximum atomic E-state index is 11.8. The Labute approximate surface area is 160 Å². The van der Waals surface area contributed by atoms with Gasteiger partial charge in [0.1, 0.15) is 22.9 Å². The highest BCUT2D eigenvalue weighted by Crippen LogP contribution is 2.36. The Morgan fingerprint density at radius 2 is 2.22 bits per heavy atom. The number of thiazole rings is 1. The van der Waals surface area contributed by atoms with E-state index >= 15 is 0 Å². The van der Waals surface area contributed by atoms with Gasteiger partial charge in [0.05, 0.1) is 11.2 Å². The Morgan fingerprint density at radius 1 is 1.33 bits per heavy atom. The first-order valence-electron chi connectivity index (χ1n) is 8.92. The second-order valence-corrected chi connectivity index (χ2v) is 7.75. The fourth-order valence-electron chi connectivity index (χ4n) is 3.26. The zero-order chi connectivity index (χ0) is 18.8. The first-order chi connectivity index (χ1) is 13.1. The molecule has 0 spiro atoms. The summed E-state index contributed by atoms with van der Waals surface area (Å²) in [6.07, 6.45) is 3.64. The van der Waals surface area contributed by atoms with Crippen molar-refractivity contribution >= 4 is 39.4 Å². The standard InChI is InChI=1S/C17H21N7O2S/c1-9(2)21-17(25)26-11-4-3-10(5-11)12-6-13(24-23-12)22-16-14-15(18-7-19-16)20-8-27-14/h6-11H,3-5H2,1-2H3,(H,21,25)(H2,18,19,22,23,24)/t10-,11+/m0/s1. The lowest BCUT2D eigenvalue weighted by Crippen LogP contribution is -2.33. The minimum atomic E-state index is -0.350. The van der Waals surface area contributed by atoms with Crippen LogP contribution in [0.15, 0.2) is 17.9 Å². The number of anilines is 2. The molecule has 2 atom stereocenters. The van der Waals surface area contributed by atoms with Crippen LogP contribution in [-0.4, -0.2) is 43.4 Å². The zero-order valence-electron chi connectivity index (χ0n) is 15.1. The second-order valence-electron chi connectivity index (χ2n) is 6.90. The molecule has 27 heavy (non-hydrogen) atoms. The Balaban J connectivity index is 1.38. The third-order valence-corrected chi connectivity index (χ3v) is 5.29. The predicted octanol–water partition coefficient (Wildman–Crippen LogP) is 3.32. The molecule has 3 aromatic heterocycles. The zero-order valence-corrected chi connectivity index (χ0v) is 15.9. The van der Waals surface area contributed by atoms with Crippen molar-refractivity contribution in [2.45, 2.75) is 51.2 Å². The van der Waals surface area contributed by atoms with E-state index in [4.69, 9.17) is 4.74 Å². The van der Waals surface area contributed by atoms with Crippen LogP contribution in [0, 0.1) is 0 Å². The molecule has 0 bridgehead atoms. The van der Waals surface area contributed by atoms with E-state index in [1.165, 1.54) is 17.7 Å². The van der Waals surface area contributed by atoms with Crippen molar-refractivity contribution in [1.82, 2.24) is 30.5 Å². The fourth-order valence-corrected chi connectivity index (χ4v) is 3.94. The first kappa shape index (κ1) is 17.7. The van der Waals surface area contributed by atoms with Gasteiger partial charge in [-0.15, -0.1) is 11.3 Å². The minimum Gasteiger partial charge on any atom is -0.446 e. The lowest BCUT2D eigenvalue weighted by Gasteiger charge is -2.14. The van der Waals surface area contributed by atoms with Gasteiger partial charge in [-0.1, -0.05) is 0 Å². The van der Waals surface area contributed by atoms with Crippen molar-refractivity contribution in [3.63, 3.8) is 0 Å². The molecule has 1 fully saturated rings. The predicted molar refractivity (Wildman–Crippen MR) is 102 cm³/mol. The van der Waals surface area contributed by atoms with Gasteiger partial charge in [0.2, 0.25) is 0 Å². The van der Waals surface area contributed by atoms with E-state index in [1.807, 2.05) is 19.9 Å². The van der Waals surface area contributed by atoms with E-state index in [0.29, 0.717) is 11.5 Å². The van der Waals surface area contributed by atoms with Crippen LogP contribution in [0.1, 0.15) is 44.7 Å². The number of aromatic amines is 1. The largest absolute Gasteiger partial charge is 0.446 e. The summed E-state index contributed by atoms with van der Waals surface area (Å²) in [5.74, 6) is 1.73. The molecule has 1 aliphatic carbocycles. The topological polar surface area (TPSA) is 118 Å². The highest BCUT2D eigenvalue weighted by atomic mass is 32.1. The summed E-state index contributed by atoms with van der Waals surface area (Å²) in [7, 11) is 0. The van der Waals surface area contributed by atoms with E-state index in [-0.39, 0.29) is 24.2 Å². The van der Waals surface area contributed by atoms with Gasteiger partial charge in [0.15, 0.2) is 11.5 Å². The van der Waals surface area contributed by atoms with Gasteiger partial charge in [-0.3, -0.25) is 5.10 Å². The van der Waals surface area contributed by atoms with Crippen LogP contribution < -0.4 is 10.6 Å². The number of carbonyl (C=O) groups is 1. The maximum absolute atomic E-state index is 11.8. The molecule has 0 aliphatic heterocycles. The monoisotopic (exact) mass is 387 g/mol. The number of rotatable bonds is 5. The molecule has 0 aromatic carbocycles. The molecule has 0 unspecified atom stereocenters. The molecule has 4 rings (SSSR count). The van der Waals surface area contributed by atoms with Gasteiger partial charge in [-0.2, -0.15) is 5.10 Å². The number of hydrogen-bond donors (Lipinski definition) is 3. The van der Waals surface area contributed by atoms with Crippen LogP contribution in [0.4, 0.5) is 16.4 Å². The van der Waals surface area contributed by atoms with E-state index < -0.39 is 0 Å². The lowest BCUT2D eigenvalue weighted by atomic mass is 10.0. The van der Waals surface area contributed by atoms with Crippen molar-refractivity contribution in [3.8, 4) is 0 Å². The number of aromatic nitrogens is 5. The van der Waals surface area contributed by atoms with Crippen LogP contribution >= 0.6 is 11.3 Å². The van der Waals surface area contributed by atoms with Gasteiger partial charge in [-0.25, -0.2) is 19.7 Å². The van der Waals surface area contributed by atoms with E-state index in [9.17, 15) is 4.79 Å². The van der Waals surface area contributed by atoms with Crippen molar-refractivity contribution in [1.29, 1.82) is 0 Å². The molecule has 3 N–H and O–H groups in total. The smallest absolute Gasteiger partial charge is 0.407 e. The quantitative estimate of drug-likeness (QED) is 0.614. The van der Waals surface area contributed by atoms with Gasteiger partial charge in [0.25, 0.3) is 0 Å². The summed E-state index contributed by atoms with van der Waals surface area (Å²) in [6.45, 7) is 3.82. The molecule has 0 radical (unpaired) electrons. The number of amides is 1. The fraction of sp³-hybridized carbons (Fsp3) is 0.471. The summed E-state index contributed by atoms with van der Waals surface area (Å²) in [5, 5.41) is 13.4. The molecule has 1 aliphatic rings. The number of fused-ring (bicyclic) bond motifs is 1. The third kappa shape index (κ3) is 4.00. The van der Waals surface area contributed by atoms with Gasteiger partial charge in [0, 0.05) is 18.0 Å². The van der Waals surface area contributed by atoms with Crippen molar-refractivity contribution in [3.05, 3.63) is 23.6 Å². The normalized spacial score (nSPS) is 19.5. The highest BCUT2D eigenvalue weighted by molar-refractivity contribution is 7.17. The van der Waals surface area contributed by atoms with E-state index in [1.54, 1.807) is 5.51 Å². The van der Waals surface area contributed by atoms with E-state index in [0.717, 1.165) is 35.5 Å². The Hall–Kier alpha value is -2.75. The Kier molecular flexibility index (Phi) is 4.88. The molecule has 0 saturated heterocycles. The number of ether oxygens (including phenoxy) is 1. The summed E-state index contributed by atoms with van der Waals surface area (Å²) in [4.78, 5) is 24.4. The van der Waals surface area contributed by atoms with Crippen LogP contribution in [0.3, 0.4) is 0 Å². The summed E-state index contributed by atoms with van der Waals surface area (Å²) in [5.41, 5.74) is 3.38. The number of nitrogens with one attached hydrogen (secondary N) is 3. The van der Waals surface area contributed by atoms with Gasteiger partial charge in [-0.05, 0) is 33.1 Å². The summed E-state index contributed by atoms with van der Waals surface area (Å²) >= 11 is 1.49. The Morgan fingerprint density at radius 3 is 3.07 bits per heavy atom. The highest BCUT2D eigenvalue weighted by Gasteiger charge is 2.30. The van der Waals surface area contributed by atoms with Crippen LogP contribution in [-0.2, 0) is 4.74 Å². The molecule has 3 heterocycles. The molecule has 1 saturated carbocycles. The Bertz CT molecular complexity index is 938. The van der Waals surface area contributed by atoms with Gasteiger partial charge >= 0.3 is 6.09 Å². The van der Waals surface area contributed by atoms with E-state index in [2.05, 4.69) is 35.8 Å². The number of nitrogens with zero attached hydrogens (tertiary/aromatic N) is 4. The van der Waals surface area contributed by atoms with Gasteiger partial charge < -0.3 is 15.4 Å². The van der Waals surface area contributed by atoms with Crippen molar-refractivity contribution in [2.75, 3.05) is 5.32 Å². The average Bonchev–Trinajstić information content (AvgIpc) is 3.33. The van der Waals surface area contributed by atoms with Crippen LogP contribution in [0.2, 0.25) is 0 Å². The third-order valence-electron chi connectivity index (χ3n) is 4.46. The minimum absolute atomic E-state index is 0.0689. The number of carbonyl (C=O) groups excluding carboxylic acids is 1. The number of H-pyrrole nitrogens is 1. The molecular weight excluding hydrogens is 366 g/mol. The van der Waals surface area contributed by atoms with Crippen molar-refractivity contribution < 1.29 is 9.53 Å².